The van der Waals surface area contributed by atoms with Gasteiger partial charge < -0.3 is 0 Å². The number of carbonyl (C=O) groups excluding carboxylic acids is 2. The fraction of sp³-hybridized carbons (Fsp3) is 0.222. The smallest absolute Gasteiger partial charge is 0.233 e. The van der Waals surface area contributed by atoms with Gasteiger partial charge in [0.25, 0.3) is 0 Å². The van der Waals surface area contributed by atoms with E-state index >= 15 is 0 Å². The summed E-state index contributed by atoms with van der Waals surface area (Å²) in [6, 6.07) is 16.0. The molecule has 2 nitrogen and oxygen atoms in total. The Hall–Kier alpha value is -2.22. The molecule has 0 saturated carbocycles. The van der Waals surface area contributed by atoms with Crippen LogP contribution >= 0.6 is 0 Å². The van der Waals surface area contributed by atoms with Crippen LogP contribution in [0.2, 0.25) is 0 Å². The van der Waals surface area contributed by atoms with Crippen LogP contribution in [0.1, 0.15) is 46.0 Å². The van der Waals surface area contributed by atoms with Crippen molar-refractivity contribution >= 4 is 11.6 Å². The molecule has 0 bridgehead atoms. The maximum absolute atomic E-state index is 12.1. The monoisotopic (exact) mass is 266 g/mol. The predicted octanol–water partition coefficient (Wildman–Crippen LogP) is 4.09. The van der Waals surface area contributed by atoms with Crippen molar-refractivity contribution in [2.45, 2.75) is 26.2 Å². The number of carbonyl (C=O) groups is 2. The van der Waals surface area contributed by atoms with E-state index in [4.69, 9.17) is 0 Å². The Morgan fingerprint density at radius 1 is 0.800 bits per heavy atom. The molecule has 2 aromatic carbocycles. The molecule has 0 atom stereocenters. The molecule has 0 aliphatic carbocycles. The van der Waals surface area contributed by atoms with E-state index in [-0.39, 0.29) is 0 Å². The third kappa shape index (κ3) is 3.41. The van der Waals surface area contributed by atoms with Crippen LogP contribution in [-0.2, 0) is 6.42 Å². The van der Waals surface area contributed by atoms with Crippen molar-refractivity contribution in [2.75, 3.05) is 0 Å². The Bertz CT molecular complexity index is 583. The predicted molar refractivity (Wildman–Crippen MR) is 80.2 cm³/mol. The normalized spacial score (nSPS) is 10.2. The molecule has 0 unspecified atom stereocenters. The van der Waals surface area contributed by atoms with Crippen LogP contribution in [0.5, 0.6) is 0 Å². The van der Waals surface area contributed by atoms with Gasteiger partial charge >= 0.3 is 0 Å². The molecule has 0 spiro atoms. The summed E-state index contributed by atoms with van der Waals surface area (Å²) in [7, 11) is 0. The number of Topliss-reactive ketones (excluding diaryl/α,β-unsaturated/α-hetero) is 2. The van der Waals surface area contributed by atoms with Crippen LogP contribution in [0, 0.1) is 0 Å². The molecule has 0 heterocycles. The molecule has 0 aliphatic heterocycles. The minimum atomic E-state index is -0.452. The Kier molecular flexibility index (Phi) is 4.83. The number of unbranched alkanes of at least 4 members (excludes halogenated alkanes) is 1. The van der Waals surface area contributed by atoms with E-state index < -0.39 is 11.6 Å². The Balaban J connectivity index is 2.11. The summed E-state index contributed by atoms with van der Waals surface area (Å²) < 4.78 is 0. The van der Waals surface area contributed by atoms with E-state index in [1.807, 2.05) is 18.2 Å². The Labute approximate surface area is 119 Å². The van der Waals surface area contributed by atoms with Crippen molar-refractivity contribution < 1.29 is 9.59 Å². The third-order valence-electron chi connectivity index (χ3n) is 3.28. The van der Waals surface area contributed by atoms with Crippen LogP contribution in [-0.4, -0.2) is 11.6 Å². The number of aryl methyl sites for hydroxylation is 1. The van der Waals surface area contributed by atoms with Crippen molar-refractivity contribution in [2.24, 2.45) is 0 Å². The standard InChI is InChI=1S/C18H18O2/c1-2-3-7-14-10-12-16(13-11-14)18(20)17(19)15-8-5-4-6-9-15/h4-6,8-13H,2-3,7H2,1H3. The van der Waals surface area contributed by atoms with E-state index in [9.17, 15) is 9.59 Å². The van der Waals surface area contributed by atoms with Crippen LogP contribution in [0.3, 0.4) is 0 Å². The van der Waals surface area contributed by atoms with Crippen molar-refractivity contribution in [3.05, 3.63) is 71.3 Å². The molecule has 102 valence electrons. The molecule has 0 aromatic heterocycles. The zero-order valence-electron chi connectivity index (χ0n) is 11.6. The van der Waals surface area contributed by atoms with Crippen molar-refractivity contribution in [3.63, 3.8) is 0 Å². The summed E-state index contributed by atoms with van der Waals surface area (Å²) in [5.41, 5.74) is 2.10. The molecule has 20 heavy (non-hydrogen) atoms. The molecule has 0 aliphatic rings. The van der Waals surface area contributed by atoms with Gasteiger partial charge in [0.15, 0.2) is 0 Å². The van der Waals surface area contributed by atoms with Gasteiger partial charge in [-0.15, -0.1) is 0 Å². The van der Waals surface area contributed by atoms with E-state index in [2.05, 4.69) is 6.92 Å². The molecule has 0 amide bonds. The molecule has 0 radical (unpaired) electrons. The Morgan fingerprint density at radius 2 is 1.35 bits per heavy atom. The summed E-state index contributed by atoms with van der Waals surface area (Å²) in [5, 5.41) is 0. The number of hydrogen-bond acceptors (Lipinski definition) is 2. The molecule has 0 N–H and O–H groups in total. The molecule has 2 rings (SSSR count). The molecular weight excluding hydrogens is 248 g/mol. The number of hydrogen-bond donors (Lipinski definition) is 0. The lowest BCUT2D eigenvalue weighted by molar-refractivity contribution is 0.0817. The van der Waals surface area contributed by atoms with E-state index in [1.165, 1.54) is 5.56 Å². The van der Waals surface area contributed by atoms with E-state index in [0.717, 1.165) is 19.3 Å². The topological polar surface area (TPSA) is 34.1 Å². The fourth-order valence-corrected chi connectivity index (χ4v) is 2.06. The zero-order chi connectivity index (χ0) is 14.4. The quantitative estimate of drug-likeness (QED) is 0.583. The zero-order valence-corrected chi connectivity index (χ0v) is 11.6. The van der Waals surface area contributed by atoms with Crippen molar-refractivity contribution in [1.82, 2.24) is 0 Å². The summed E-state index contributed by atoms with van der Waals surface area (Å²) in [6.07, 6.45) is 3.29. The summed E-state index contributed by atoms with van der Waals surface area (Å²) in [4.78, 5) is 24.2. The lowest BCUT2D eigenvalue weighted by Crippen LogP contribution is -2.14. The Morgan fingerprint density at radius 3 is 1.90 bits per heavy atom. The minimum Gasteiger partial charge on any atom is -0.285 e. The average Bonchev–Trinajstić information content (AvgIpc) is 2.53. The van der Waals surface area contributed by atoms with Gasteiger partial charge in [0.05, 0.1) is 0 Å². The number of rotatable bonds is 6. The second-order valence-corrected chi connectivity index (χ2v) is 4.82. The average molecular weight is 266 g/mol. The van der Waals surface area contributed by atoms with Gasteiger partial charge in [0.1, 0.15) is 0 Å². The van der Waals surface area contributed by atoms with Crippen LogP contribution in [0.4, 0.5) is 0 Å². The third-order valence-corrected chi connectivity index (χ3v) is 3.28. The highest BCUT2D eigenvalue weighted by molar-refractivity contribution is 6.49. The van der Waals surface area contributed by atoms with Gasteiger partial charge in [-0.25, -0.2) is 0 Å². The summed E-state index contributed by atoms with van der Waals surface area (Å²) in [6.45, 7) is 2.15. The van der Waals surface area contributed by atoms with Crippen LogP contribution < -0.4 is 0 Å². The highest BCUT2D eigenvalue weighted by atomic mass is 16.2. The van der Waals surface area contributed by atoms with Crippen LogP contribution in [0.15, 0.2) is 54.6 Å². The highest BCUT2D eigenvalue weighted by Crippen LogP contribution is 2.11. The van der Waals surface area contributed by atoms with Crippen molar-refractivity contribution in [1.29, 1.82) is 0 Å². The van der Waals surface area contributed by atoms with Gasteiger partial charge in [0.2, 0.25) is 11.6 Å². The SMILES string of the molecule is CCCCc1ccc(C(=O)C(=O)c2ccccc2)cc1. The van der Waals surface area contributed by atoms with Gasteiger partial charge in [-0.2, -0.15) is 0 Å². The molecule has 2 aromatic rings. The number of ketones is 2. The maximum atomic E-state index is 12.1. The first-order chi connectivity index (χ1) is 9.72. The van der Waals surface area contributed by atoms with E-state index in [1.54, 1.807) is 36.4 Å². The molecule has 0 fully saturated rings. The van der Waals surface area contributed by atoms with Gasteiger partial charge in [-0.05, 0) is 18.4 Å². The van der Waals surface area contributed by atoms with Gasteiger partial charge in [0, 0.05) is 11.1 Å². The number of benzene rings is 2. The molecule has 2 heteroatoms. The largest absolute Gasteiger partial charge is 0.285 e. The first-order valence-electron chi connectivity index (χ1n) is 6.95. The summed E-state index contributed by atoms with van der Waals surface area (Å²) in [5.74, 6) is -0.898. The summed E-state index contributed by atoms with van der Waals surface area (Å²) >= 11 is 0. The molecule has 0 saturated heterocycles. The molecular formula is C18H18O2. The minimum absolute atomic E-state index is 0.438. The van der Waals surface area contributed by atoms with Gasteiger partial charge in [-0.3, -0.25) is 9.59 Å². The second-order valence-electron chi connectivity index (χ2n) is 4.82. The van der Waals surface area contributed by atoms with Crippen molar-refractivity contribution in [3.8, 4) is 0 Å². The van der Waals surface area contributed by atoms with Crippen LogP contribution in [0.25, 0.3) is 0 Å². The van der Waals surface area contributed by atoms with E-state index in [0.29, 0.717) is 11.1 Å². The fourth-order valence-electron chi connectivity index (χ4n) is 2.06. The first-order valence-corrected chi connectivity index (χ1v) is 6.95. The highest BCUT2D eigenvalue weighted by Gasteiger charge is 2.17. The van der Waals surface area contributed by atoms with Gasteiger partial charge in [-0.1, -0.05) is 67.9 Å². The first kappa shape index (κ1) is 14.2. The second kappa shape index (κ2) is 6.80. The lowest BCUT2D eigenvalue weighted by Gasteiger charge is -2.03. The lowest BCUT2D eigenvalue weighted by atomic mass is 9.99. The maximum Gasteiger partial charge on any atom is 0.233 e.